The molecule has 3 rings (SSSR count). The first-order valence-electron chi connectivity index (χ1n) is 10.6. The third-order valence-electron chi connectivity index (χ3n) is 6.06. The Bertz CT molecular complexity index is 889. The van der Waals surface area contributed by atoms with Gasteiger partial charge in [0.1, 0.15) is 18.8 Å². The maximum atomic E-state index is 13.1. The molecule has 1 saturated heterocycles. The first kappa shape index (κ1) is 23.9. The van der Waals surface area contributed by atoms with Crippen LogP contribution in [0.3, 0.4) is 0 Å². The third kappa shape index (κ3) is 4.69. The molecule has 2 fully saturated rings. The largest absolute Gasteiger partial charge is 0.461 e. The molecule has 32 heavy (non-hydrogen) atoms. The summed E-state index contributed by atoms with van der Waals surface area (Å²) in [5.74, 6) is -2.94. The van der Waals surface area contributed by atoms with Crippen LogP contribution in [-0.4, -0.2) is 65.8 Å². The minimum absolute atomic E-state index is 0.0233. The van der Waals surface area contributed by atoms with Crippen molar-refractivity contribution in [3.05, 3.63) is 11.1 Å². The molecule has 2 heterocycles. The smallest absolute Gasteiger partial charge is 0.338 e. The van der Waals surface area contributed by atoms with Crippen LogP contribution in [0, 0.1) is 0 Å². The minimum Gasteiger partial charge on any atom is -0.461 e. The normalized spacial score (nSPS) is 34.1. The number of hydrogen-bond donors (Lipinski definition) is 0. The highest BCUT2D eigenvalue weighted by Crippen LogP contribution is 2.50. The number of Topliss-reactive ketones (excluding diaryl/α,β-unsaturated/α-hetero) is 1. The molecule has 0 amide bonds. The van der Waals surface area contributed by atoms with Gasteiger partial charge in [-0.1, -0.05) is 6.92 Å². The average molecular weight is 452 g/mol. The average Bonchev–Trinajstić information content (AvgIpc) is 3.25. The highest BCUT2D eigenvalue weighted by Gasteiger charge is 2.63. The molecule has 0 spiro atoms. The van der Waals surface area contributed by atoms with Crippen LogP contribution < -0.4 is 0 Å². The van der Waals surface area contributed by atoms with E-state index in [1.165, 1.54) is 20.8 Å². The number of carbonyl (C=O) groups is 5. The van der Waals surface area contributed by atoms with Crippen molar-refractivity contribution in [1.82, 2.24) is 0 Å². The highest BCUT2D eigenvalue weighted by atomic mass is 16.7. The maximum Gasteiger partial charge on any atom is 0.338 e. The lowest BCUT2D eigenvalue weighted by molar-refractivity contribution is -0.169. The molecule has 1 saturated carbocycles. The van der Waals surface area contributed by atoms with E-state index in [-0.39, 0.29) is 42.8 Å². The van der Waals surface area contributed by atoms with Gasteiger partial charge in [0.15, 0.2) is 17.5 Å². The van der Waals surface area contributed by atoms with E-state index in [0.29, 0.717) is 6.42 Å². The molecule has 0 bridgehead atoms. The summed E-state index contributed by atoms with van der Waals surface area (Å²) in [6, 6.07) is 0. The number of hydrogen-bond acceptors (Lipinski definition) is 10. The van der Waals surface area contributed by atoms with Crippen molar-refractivity contribution < 1.29 is 47.7 Å². The van der Waals surface area contributed by atoms with Crippen molar-refractivity contribution in [1.29, 1.82) is 0 Å². The molecule has 2 aliphatic heterocycles. The zero-order chi connectivity index (χ0) is 23.8. The van der Waals surface area contributed by atoms with Gasteiger partial charge in [-0.25, -0.2) is 4.79 Å². The Kier molecular flexibility index (Phi) is 6.46. The van der Waals surface area contributed by atoms with Crippen molar-refractivity contribution in [3.8, 4) is 0 Å². The van der Waals surface area contributed by atoms with Crippen LogP contribution in [0.15, 0.2) is 11.1 Å². The van der Waals surface area contributed by atoms with Crippen molar-refractivity contribution in [3.63, 3.8) is 0 Å². The summed E-state index contributed by atoms with van der Waals surface area (Å²) in [5, 5.41) is 0. The Morgan fingerprint density at radius 3 is 2.41 bits per heavy atom. The molecule has 1 aliphatic carbocycles. The molecule has 0 N–H and O–H groups in total. The van der Waals surface area contributed by atoms with Crippen LogP contribution in [-0.2, 0) is 47.7 Å². The first-order valence-corrected chi connectivity index (χ1v) is 10.6. The van der Waals surface area contributed by atoms with E-state index in [1.807, 2.05) is 0 Å². The topological polar surface area (TPSA) is 135 Å². The summed E-state index contributed by atoms with van der Waals surface area (Å²) in [6.45, 7) is 6.84. The summed E-state index contributed by atoms with van der Waals surface area (Å²) >= 11 is 0. The minimum atomic E-state index is -1.61. The molecule has 10 heteroatoms. The van der Waals surface area contributed by atoms with E-state index in [0.717, 1.165) is 0 Å². The molecule has 0 aromatic carbocycles. The number of esters is 4. The summed E-state index contributed by atoms with van der Waals surface area (Å²) < 4.78 is 27.5. The Labute approximate surface area is 185 Å². The molecule has 176 valence electrons. The summed E-state index contributed by atoms with van der Waals surface area (Å²) in [7, 11) is 0. The maximum absolute atomic E-state index is 13.1. The Morgan fingerprint density at radius 2 is 1.81 bits per heavy atom. The van der Waals surface area contributed by atoms with E-state index >= 15 is 0 Å². The van der Waals surface area contributed by atoms with Gasteiger partial charge in [0.2, 0.25) is 0 Å². The lowest BCUT2D eigenvalue weighted by Crippen LogP contribution is -2.47. The molecule has 0 unspecified atom stereocenters. The number of ketones is 1. The van der Waals surface area contributed by atoms with Gasteiger partial charge < -0.3 is 23.7 Å². The van der Waals surface area contributed by atoms with Gasteiger partial charge in [-0.05, 0) is 20.3 Å². The molecule has 3 aliphatic rings. The van der Waals surface area contributed by atoms with Crippen LogP contribution in [0.1, 0.15) is 60.3 Å². The fourth-order valence-corrected chi connectivity index (χ4v) is 4.26. The lowest BCUT2D eigenvalue weighted by atomic mass is 9.80. The van der Waals surface area contributed by atoms with Crippen LogP contribution in [0.2, 0.25) is 0 Å². The monoisotopic (exact) mass is 452 g/mol. The van der Waals surface area contributed by atoms with Crippen molar-refractivity contribution in [2.45, 2.75) is 89.8 Å². The van der Waals surface area contributed by atoms with Gasteiger partial charge in [-0.3, -0.25) is 19.2 Å². The van der Waals surface area contributed by atoms with Crippen LogP contribution in [0.25, 0.3) is 0 Å². The first-order chi connectivity index (χ1) is 14.9. The van der Waals surface area contributed by atoms with Crippen molar-refractivity contribution >= 4 is 29.7 Å². The molecule has 0 radical (unpaired) electrons. The highest BCUT2D eigenvalue weighted by molar-refractivity contribution is 5.94. The standard InChI is InChI=1S/C22H28O10/c1-6-16(26)29-14-9-22(5,31-12(3)24)15(25)7-8-21(4)19(32-21)18-17(14)13(20(27)30-18)10-28-11(2)23/h14,18-19H,6-10H2,1-5H3/t14-,18-,19-,21+,22+/m0/s1. The van der Waals surface area contributed by atoms with Gasteiger partial charge in [0, 0.05) is 38.7 Å². The lowest BCUT2D eigenvalue weighted by Gasteiger charge is -2.34. The number of fused-ring (bicyclic) bond motifs is 3. The fraction of sp³-hybridized carbons (Fsp3) is 0.682. The second-order valence-electron chi connectivity index (χ2n) is 8.68. The van der Waals surface area contributed by atoms with Gasteiger partial charge in [0.05, 0.1) is 11.2 Å². The van der Waals surface area contributed by atoms with Gasteiger partial charge in [-0.15, -0.1) is 0 Å². The fourth-order valence-electron chi connectivity index (χ4n) is 4.26. The molecule has 10 nitrogen and oxygen atoms in total. The van der Waals surface area contributed by atoms with Gasteiger partial charge in [0.25, 0.3) is 0 Å². The van der Waals surface area contributed by atoms with E-state index in [4.69, 9.17) is 23.7 Å². The predicted molar refractivity (Wildman–Crippen MR) is 106 cm³/mol. The Balaban J connectivity index is 2.12. The number of ether oxygens (including phenoxy) is 5. The number of carbonyl (C=O) groups excluding carboxylic acids is 5. The number of epoxide rings is 1. The second kappa shape index (κ2) is 8.65. The molecular formula is C22H28O10. The SMILES string of the molecule is CCC(=O)O[C@H]1C[C@@](C)(OC(C)=O)C(=O)CC[C@@]2(C)O[C@H]2[C@H]2OC(=O)C(COC(C)=O)=C12. The van der Waals surface area contributed by atoms with E-state index in [9.17, 15) is 24.0 Å². The van der Waals surface area contributed by atoms with E-state index in [2.05, 4.69) is 0 Å². The summed E-state index contributed by atoms with van der Waals surface area (Å²) in [6.07, 6.45) is -2.36. The Hall–Kier alpha value is -2.75. The van der Waals surface area contributed by atoms with Gasteiger partial charge in [-0.2, -0.15) is 0 Å². The molecule has 0 aromatic heterocycles. The third-order valence-corrected chi connectivity index (χ3v) is 6.06. The van der Waals surface area contributed by atoms with E-state index in [1.54, 1.807) is 13.8 Å². The van der Waals surface area contributed by atoms with Gasteiger partial charge >= 0.3 is 23.9 Å². The zero-order valence-corrected chi connectivity index (χ0v) is 18.9. The Morgan fingerprint density at radius 1 is 1.12 bits per heavy atom. The summed E-state index contributed by atoms with van der Waals surface area (Å²) in [4.78, 5) is 61.2. The zero-order valence-electron chi connectivity index (χ0n) is 18.9. The van der Waals surface area contributed by atoms with Crippen LogP contribution in [0.4, 0.5) is 0 Å². The second-order valence-corrected chi connectivity index (χ2v) is 8.68. The van der Waals surface area contributed by atoms with E-state index < -0.39 is 53.4 Å². The van der Waals surface area contributed by atoms with Crippen LogP contribution in [0.5, 0.6) is 0 Å². The quantitative estimate of drug-likeness (QED) is 0.341. The van der Waals surface area contributed by atoms with Crippen LogP contribution >= 0.6 is 0 Å². The number of rotatable bonds is 5. The summed E-state index contributed by atoms with van der Waals surface area (Å²) in [5.41, 5.74) is -2.08. The van der Waals surface area contributed by atoms with Crippen molar-refractivity contribution in [2.75, 3.05) is 6.61 Å². The van der Waals surface area contributed by atoms with Crippen molar-refractivity contribution in [2.24, 2.45) is 0 Å². The molecular weight excluding hydrogens is 424 g/mol. The predicted octanol–water partition coefficient (Wildman–Crippen LogP) is 1.33. The molecule has 5 atom stereocenters. The molecule has 0 aromatic rings.